The van der Waals surface area contributed by atoms with Gasteiger partial charge in [0.15, 0.2) is 11.6 Å². The Balaban J connectivity index is 1.13. The lowest BCUT2D eigenvalue weighted by Crippen LogP contribution is -2.43. The van der Waals surface area contributed by atoms with Crippen LogP contribution in [0.15, 0.2) is 48.6 Å². The van der Waals surface area contributed by atoms with Gasteiger partial charge in [-0.3, -0.25) is 14.7 Å². The number of carbonyl (C=O) groups is 1. The molecule has 10 nitrogen and oxygen atoms in total. The first-order chi connectivity index (χ1) is 24.2. The van der Waals surface area contributed by atoms with Crippen LogP contribution in [0.5, 0.6) is 6.01 Å². The molecular weight excluding hydrogens is 652 g/mol. The van der Waals surface area contributed by atoms with Gasteiger partial charge in [-0.05, 0) is 62.8 Å². The maximum atomic E-state index is 16.7. The minimum atomic E-state index is -0.957. The van der Waals surface area contributed by atoms with Crippen molar-refractivity contribution in [3.63, 3.8) is 0 Å². The Morgan fingerprint density at radius 3 is 2.78 bits per heavy atom. The fraction of sp³-hybridized carbons (Fsp3) is 0.444. The van der Waals surface area contributed by atoms with E-state index in [0.29, 0.717) is 41.7 Å². The van der Waals surface area contributed by atoms with E-state index >= 15 is 8.78 Å². The zero-order valence-electron chi connectivity index (χ0n) is 27.5. The maximum absolute atomic E-state index is 16.7. The molecule has 3 aliphatic heterocycles. The molecule has 1 aliphatic carbocycles. The van der Waals surface area contributed by atoms with Crippen LogP contribution in [0.2, 0.25) is 0 Å². The van der Waals surface area contributed by atoms with Crippen molar-refractivity contribution in [2.45, 2.75) is 62.2 Å². The lowest BCUT2D eigenvalue weighted by atomic mass is 9.95. The van der Waals surface area contributed by atoms with Crippen molar-refractivity contribution >= 4 is 28.7 Å². The topological polar surface area (TPSA) is 100 Å². The summed E-state index contributed by atoms with van der Waals surface area (Å²) < 4.78 is 67.4. The first-order valence-electron chi connectivity index (χ1n) is 17.0. The minimum Gasteiger partial charge on any atom is -0.461 e. The van der Waals surface area contributed by atoms with Crippen LogP contribution in [0.4, 0.5) is 23.4 Å². The molecule has 0 N–H and O–H groups in total. The van der Waals surface area contributed by atoms with Crippen molar-refractivity contribution in [1.29, 1.82) is 0 Å². The van der Waals surface area contributed by atoms with Crippen LogP contribution in [-0.2, 0) is 4.79 Å². The molecule has 6 heterocycles. The van der Waals surface area contributed by atoms with Gasteiger partial charge in [0, 0.05) is 68.7 Å². The molecule has 1 amide bonds. The fourth-order valence-corrected chi connectivity index (χ4v) is 7.87. The van der Waals surface area contributed by atoms with Crippen molar-refractivity contribution < 1.29 is 27.1 Å². The SMILES string of the molecule is CN(c1nc(OC[C@@]23CCCN2C[C@H](F)C3)nc2c(F)c(-c3cccc(F)c3C3CC3)ncc12)[C@@H]1CCN(C(=O)/C(F)=C/c2cccnn2)C1. The predicted molar refractivity (Wildman–Crippen MR) is 178 cm³/mol. The molecule has 260 valence electrons. The van der Waals surface area contributed by atoms with Crippen LogP contribution < -0.4 is 9.64 Å². The molecular formula is C36H36F4N8O2. The number of hydrogen-bond acceptors (Lipinski definition) is 9. The van der Waals surface area contributed by atoms with Crippen LogP contribution in [0.3, 0.4) is 0 Å². The van der Waals surface area contributed by atoms with Crippen LogP contribution in [0, 0.1) is 11.6 Å². The average Bonchev–Trinajstić information content (AvgIpc) is 3.55. The van der Waals surface area contributed by atoms with Crippen molar-refractivity contribution in [2.75, 3.05) is 44.7 Å². The van der Waals surface area contributed by atoms with E-state index in [1.807, 2.05) is 0 Å². The lowest BCUT2D eigenvalue weighted by Gasteiger charge is -2.31. The number of ether oxygens (including phenoxy) is 1. The van der Waals surface area contributed by atoms with Gasteiger partial charge in [-0.25, -0.2) is 17.6 Å². The molecule has 3 aromatic heterocycles. The van der Waals surface area contributed by atoms with E-state index in [9.17, 15) is 13.6 Å². The number of likely N-dealkylation sites (N-methyl/N-ethyl adjacent to an activating group) is 1. The summed E-state index contributed by atoms with van der Waals surface area (Å²) in [6, 6.07) is 7.34. The monoisotopic (exact) mass is 688 g/mol. The van der Waals surface area contributed by atoms with E-state index in [4.69, 9.17) is 9.72 Å². The molecule has 50 heavy (non-hydrogen) atoms. The molecule has 0 spiro atoms. The summed E-state index contributed by atoms with van der Waals surface area (Å²) >= 11 is 0. The summed E-state index contributed by atoms with van der Waals surface area (Å²) in [4.78, 5) is 32.1. The maximum Gasteiger partial charge on any atom is 0.319 e. The van der Waals surface area contributed by atoms with Crippen LogP contribution in [-0.4, -0.2) is 98.4 Å². The number of benzene rings is 1. The second-order valence-corrected chi connectivity index (χ2v) is 13.8. The van der Waals surface area contributed by atoms with Gasteiger partial charge in [-0.1, -0.05) is 12.1 Å². The number of nitrogens with zero attached hydrogens (tertiary/aromatic N) is 8. The fourth-order valence-electron chi connectivity index (χ4n) is 7.87. The largest absolute Gasteiger partial charge is 0.461 e. The molecule has 0 radical (unpaired) electrons. The number of rotatable bonds is 9. The number of amides is 1. The second-order valence-electron chi connectivity index (χ2n) is 13.8. The number of aromatic nitrogens is 5. The van der Waals surface area contributed by atoms with Gasteiger partial charge in [0.2, 0.25) is 0 Å². The molecule has 1 saturated carbocycles. The van der Waals surface area contributed by atoms with Crippen LogP contribution in [0.25, 0.3) is 28.2 Å². The molecule has 3 saturated heterocycles. The number of alkyl halides is 1. The number of likely N-dealkylation sites (tertiary alicyclic amines) is 1. The zero-order valence-corrected chi connectivity index (χ0v) is 27.5. The number of halogens is 4. The average molecular weight is 689 g/mol. The second kappa shape index (κ2) is 12.9. The summed E-state index contributed by atoms with van der Waals surface area (Å²) in [6.07, 6.45) is 7.19. The van der Waals surface area contributed by atoms with Gasteiger partial charge in [0.25, 0.3) is 5.91 Å². The number of hydrogen-bond donors (Lipinski definition) is 0. The highest BCUT2D eigenvalue weighted by atomic mass is 19.1. The molecule has 8 rings (SSSR count). The van der Waals surface area contributed by atoms with Crippen molar-refractivity contribution in [3.8, 4) is 17.3 Å². The Hall–Kier alpha value is -4.72. The van der Waals surface area contributed by atoms with E-state index in [1.165, 1.54) is 23.4 Å². The highest BCUT2D eigenvalue weighted by Crippen LogP contribution is 2.46. The van der Waals surface area contributed by atoms with Gasteiger partial charge >= 0.3 is 6.01 Å². The number of fused-ring (bicyclic) bond motifs is 2. The van der Waals surface area contributed by atoms with E-state index < -0.39 is 35.1 Å². The summed E-state index contributed by atoms with van der Waals surface area (Å²) in [5.41, 5.74) is 0.498. The van der Waals surface area contributed by atoms with Gasteiger partial charge in [-0.2, -0.15) is 20.2 Å². The molecule has 0 bridgehead atoms. The highest BCUT2D eigenvalue weighted by molar-refractivity contribution is 5.96. The normalized spacial score (nSPS) is 23.9. The molecule has 4 aromatic rings. The molecule has 4 aliphatic rings. The number of carbonyl (C=O) groups excluding carboxylic acids is 1. The van der Waals surface area contributed by atoms with E-state index in [2.05, 4.69) is 25.1 Å². The van der Waals surface area contributed by atoms with Gasteiger partial charge in [0.05, 0.1) is 16.6 Å². The molecule has 14 heteroatoms. The van der Waals surface area contributed by atoms with Crippen molar-refractivity contribution in [3.05, 3.63) is 71.4 Å². The Kier molecular flexibility index (Phi) is 8.36. The summed E-state index contributed by atoms with van der Waals surface area (Å²) in [6.45, 7) is 1.73. The molecule has 3 atom stereocenters. The third-order valence-electron chi connectivity index (χ3n) is 10.6. The number of pyridine rings is 1. The van der Waals surface area contributed by atoms with Crippen LogP contribution in [0.1, 0.15) is 55.7 Å². The third-order valence-corrected chi connectivity index (χ3v) is 10.6. The van der Waals surface area contributed by atoms with Crippen molar-refractivity contribution in [1.82, 2.24) is 34.9 Å². The van der Waals surface area contributed by atoms with E-state index in [0.717, 1.165) is 38.3 Å². The summed E-state index contributed by atoms with van der Waals surface area (Å²) in [5, 5.41) is 7.83. The Bertz CT molecular complexity index is 1980. The van der Waals surface area contributed by atoms with Gasteiger partial charge in [-0.15, -0.1) is 0 Å². The highest BCUT2D eigenvalue weighted by Gasteiger charge is 2.49. The van der Waals surface area contributed by atoms with E-state index in [1.54, 1.807) is 36.2 Å². The standard InChI is InChI=1S/C36H36F4N8O2/c1-46(24-10-14-47(19-24)34(49)28(39)15-23-5-3-12-42-45-23)33-26-17-41-31(25-6-2-7-27(38)29(25)21-8-9-21)30(40)32(26)43-35(44-33)50-20-36-11-4-13-48(36)18-22(37)16-36/h2-3,5-7,12,15,17,21-22,24H,4,8-11,13-14,16,18-20H2,1H3/b28-15-/t22-,24-,36+/m1/s1. The quantitative estimate of drug-likeness (QED) is 0.163. The van der Waals surface area contributed by atoms with E-state index in [-0.39, 0.29) is 54.6 Å². The zero-order chi connectivity index (χ0) is 34.6. The Morgan fingerprint density at radius 1 is 1.12 bits per heavy atom. The summed E-state index contributed by atoms with van der Waals surface area (Å²) in [5.74, 6) is -2.55. The molecule has 4 fully saturated rings. The van der Waals surface area contributed by atoms with Gasteiger partial charge < -0.3 is 14.5 Å². The summed E-state index contributed by atoms with van der Waals surface area (Å²) in [7, 11) is 1.77. The Labute approximate surface area is 286 Å². The predicted octanol–water partition coefficient (Wildman–Crippen LogP) is 5.64. The molecule has 0 unspecified atom stereocenters. The minimum absolute atomic E-state index is 0.00164. The van der Waals surface area contributed by atoms with Gasteiger partial charge in [0.1, 0.15) is 35.6 Å². The first-order valence-corrected chi connectivity index (χ1v) is 17.0. The molecule has 1 aromatic carbocycles. The Morgan fingerprint density at radius 2 is 1.98 bits per heavy atom. The number of anilines is 1. The first kappa shape index (κ1) is 32.5. The smallest absolute Gasteiger partial charge is 0.319 e. The lowest BCUT2D eigenvalue weighted by molar-refractivity contribution is -0.127. The van der Waals surface area contributed by atoms with Crippen LogP contribution >= 0.6 is 0 Å². The third kappa shape index (κ3) is 5.92. The van der Waals surface area contributed by atoms with Crippen molar-refractivity contribution in [2.24, 2.45) is 0 Å².